The Bertz CT molecular complexity index is 538. The molecule has 4 nitrogen and oxygen atoms in total. The Morgan fingerprint density at radius 1 is 1.22 bits per heavy atom. The highest BCUT2D eigenvalue weighted by Crippen LogP contribution is 2.21. The van der Waals surface area contributed by atoms with Crippen molar-refractivity contribution in [1.29, 1.82) is 0 Å². The topological polar surface area (TPSA) is 55.0 Å². The zero-order valence-electron chi connectivity index (χ0n) is 11.2. The fourth-order valence-corrected chi connectivity index (χ4v) is 2.06. The number of para-hydroxylation sites is 2. The molecule has 0 fully saturated rings. The summed E-state index contributed by atoms with van der Waals surface area (Å²) < 4.78 is 0. The van der Waals surface area contributed by atoms with Crippen LogP contribution in [0.5, 0.6) is 0 Å². The predicted octanol–water partition coefficient (Wildman–Crippen LogP) is 2.11. The molecule has 1 unspecified atom stereocenters. The normalized spacial score (nSPS) is 12.7. The monoisotopic (exact) mass is 244 g/mol. The minimum Gasteiger partial charge on any atom is -0.355 e. The molecule has 1 heterocycles. The highest BCUT2D eigenvalue weighted by Gasteiger charge is 2.14. The number of nitrogens with zero attached hydrogens (tertiary/aromatic N) is 3. The molecule has 0 aliphatic rings. The van der Waals surface area contributed by atoms with Gasteiger partial charge in [0, 0.05) is 13.1 Å². The number of benzene rings is 1. The molecule has 1 aromatic heterocycles. The Morgan fingerprint density at radius 2 is 1.83 bits per heavy atom. The van der Waals surface area contributed by atoms with E-state index >= 15 is 0 Å². The van der Waals surface area contributed by atoms with E-state index in [1.54, 1.807) is 0 Å². The number of anilines is 1. The summed E-state index contributed by atoms with van der Waals surface area (Å²) in [6.07, 6.45) is 0.949. The molecule has 2 N–H and O–H groups in total. The summed E-state index contributed by atoms with van der Waals surface area (Å²) in [6.45, 7) is 4.84. The summed E-state index contributed by atoms with van der Waals surface area (Å²) in [5.74, 6) is 0.939. The second-order valence-corrected chi connectivity index (χ2v) is 4.66. The number of fused-ring (bicyclic) bond motifs is 1. The van der Waals surface area contributed by atoms with Gasteiger partial charge in [0.15, 0.2) is 5.82 Å². The first-order chi connectivity index (χ1) is 8.63. The molecule has 2 rings (SSSR count). The van der Waals surface area contributed by atoms with Gasteiger partial charge in [-0.05, 0) is 38.9 Å². The highest BCUT2D eigenvalue weighted by atomic mass is 15.2. The van der Waals surface area contributed by atoms with Crippen LogP contribution in [0, 0.1) is 6.92 Å². The molecule has 18 heavy (non-hydrogen) atoms. The number of rotatable bonds is 4. The maximum atomic E-state index is 5.61. The molecular weight excluding hydrogens is 224 g/mol. The molecule has 1 aromatic carbocycles. The standard InChI is InChI=1S/C14H20N4/c1-10(8-9-15)18(3)14-11(2)16-12-6-4-5-7-13(12)17-14/h4-7,10H,8-9,15H2,1-3H3. The van der Waals surface area contributed by atoms with Crippen LogP contribution in [0.3, 0.4) is 0 Å². The van der Waals surface area contributed by atoms with E-state index < -0.39 is 0 Å². The molecular formula is C14H20N4. The second-order valence-electron chi connectivity index (χ2n) is 4.66. The second kappa shape index (κ2) is 5.31. The quantitative estimate of drug-likeness (QED) is 0.895. The van der Waals surface area contributed by atoms with Crippen LogP contribution < -0.4 is 10.6 Å². The van der Waals surface area contributed by atoms with Crippen LogP contribution in [-0.4, -0.2) is 29.6 Å². The Morgan fingerprint density at radius 3 is 2.44 bits per heavy atom. The van der Waals surface area contributed by atoms with E-state index in [9.17, 15) is 0 Å². The van der Waals surface area contributed by atoms with Crippen molar-refractivity contribution in [3.63, 3.8) is 0 Å². The molecule has 4 heteroatoms. The summed E-state index contributed by atoms with van der Waals surface area (Å²) in [5.41, 5.74) is 8.45. The predicted molar refractivity (Wildman–Crippen MR) is 75.8 cm³/mol. The number of nitrogens with two attached hydrogens (primary N) is 1. The van der Waals surface area contributed by atoms with E-state index in [-0.39, 0.29) is 0 Å². The van der Waals surface area contributed by atoms with Gasteiger partial charge in [0.1, 0.15) is 0 Å². The SMILES string of the molecule is Cc1nc2ccccc2nc1N(C)C(C)CCN. The van der Waals surface area contributed by atoms with Crippen molar-refractivity contribution in [3.8, 4) is 0 Å². The molecule has 0 aliphatic heterocycles. The maximum Gasteiger partial charge on any atom is 0.150 e. The van der Waals surface area contributed by atoms with Crippen LogP contribution in [0.1, 0.15) is 19.0 Å². The zero-order valence-corrected chi connectivity index (χ0v) is 11.2. The fourth-order valence-electron chi connectivity index (χ4n) is 2.06. The molecule has 0 saturated carbocycles. The van der Waals surface area contributed by atoms with E-state index in [0.717, 1.165) is 29.0 Å². The van der Waals surface area contributed by atoms with E-state index in [0.29, 0.717) is 12.6 Å². The Kier molecular flexibility index (Phi) is 3.77. The zero-order chi connectivity index (χ0) is 13.1. The van der Waals surface area contributed by atoms with Gasteiger partial charge in [-0.15, -0.1) is 0 Å². The lowest BCUT2D eigenvalue weighted by Gasteiger charge is -2.26. The summed E-state index contributed by atoms with van der Waals surface area (Å²) in [4.78, 5) is 11.5. The molecule has 96 valence electrons. The van der Waals surface area contributed by atoms with Gasteiger partial charge in [-0.2, -0.15) is 0 Å². The molecule has 0 aliphatic carbocycles. The minimum atomic E-state index is 0.365. The largest absolute Gasteiger partial charge is 0.355 e. The van der Waals surface area contributed by atoms with Crippen LogP contribution in [0.4, 0.5) is 5.82 Å². The van der Waals surface area contributed by atoms with Crippen molar-refractivity contribution >= 4 is 16.9 Å². The maximum absolute atomic E-state index is 5.61. The fraction of sp³-hybridized carbons (Fsp3) is 0.429. The third-order valence-electron chi connectivity index (χ3n) is 3.30. The third-order valence-corrected chi connectivity index (χ3v) is 3.30. The van der Waals surface area contributed by atoms with E-state index in [4.69, 9.17) is 10.7 Å². The van der Waals surface area contributed by atoms with Crippen molar-refractivity contribution in [1.82, 2.24) is 9.97 Å². The van der Waals surface area contributed by atoms with Crippen LogP contribution in [0.15, 0.2) is 24.3 Å². The Labute approximate surface area is 108 Å². The molecule has 0 bridgehead atoms. The Balaban J connectivity index is 2.41. The summed E-state index contributed by atoms with van der Waals surface area (Å²) >= 11 is 0. The summed E-state index contributed by atoms with van der Waals surface area (Å²) in [6, 6.07) is 8.31. The summed E-state index contributed by atoms with van der Waals surface area (Å²) in [5, 5.41) is 0. The molecule has 0 amide bonds. The number of aromatic nitrogens is 2. The van der Waals surface area contributed by atoms with E-state index in [1.807, 2.05) is 38.2 Å². The average Bonchev–Trinajstić information content (AvgIpc) is 2.37. The minimum absolute atomic E-state index is 0.365. The third kappa shape index (κ3) is 2.43. The van der Waals surface area contributed by atoms with Gasteiger partial charge in [-0.1, -0.05) is 12.1 Å². The van der Waals surface area contributed by atoms with E-state index in [2.05, 4.69) is 16.8 Å². The number of hydrogen-bond donors (Lipinski definition) is 1. The highest BCUT2D eigenvalue weighted by molar-refractivity contribution is 5.76. The number of aryl methyl sites for hydroxylation is 1. The van der Waals surface area contributed by atoms with Gasteiger partial charge in [-0.25, -0.2) is 9.97 Å². The first-order valence-electron chi connectivity index (χ1n) is 6.29. The first kappa shape index (κ1) is 12.8. The van der Waals surface area contributed by atoms with Crippen molar-refractivity contribution in [3.05, 3.63) is 30.0 Å². The van der Waals surface area contributed by atoms with E-state index in [1.165, 1.54) is 0 Å². The van der Waals surface area contributed by atoms with Gasteiger partial charge in [-0.3, -0.25) is 0 Å². The lowest BCUT2D eigenvalue weighted by Crippen LogP contribution is -2.32. The van der Waals surface area contributed by atoms with Crippen molar-refractivity contribution in [2.24, 2.45) is 5.73 Å². The van der Waals surface area contributed by atoms with Crippen LogP contribution in [0.2, 0.25) is 0 Å². The summed E-state index contributed by atoms with van der Waals surface area (Å²) in [7, 11) is 2.05. The average molecular weight is 244 g/mol. The van der Waals surface area contributed by atoms with Gasteiger partial charge in [0.05, 0.1) is 16.7 Å². The lowest BCUT2D eigenvalue weighted by molar-refractivity contribution is 0.628. The van der Waals surface area contributed by atoms with Gasteiger partial charge in [0.2, 0.25) is 0 Å². The van der Waals surface area contributed by atoms with Crippen molar-refractivity contribution in [2.45, 2.75) is 26.3 Å². The smallest absolute Gasteiger partial charge is 0.150 e. The van der Waals surface area contributed by atoms with Crippen LogP contribution in [0.25, 0.3) is 11.0 Å². The molecule has 0 radical (unpaired) electrons. The van der Waals surface area contributed by atoms with Crippen LogP contribution in [-0.2, 0) is 0 Å². The molecule has 1 atom stereocenters. The van der Waals surface area contributed by atoms with Gasteiger partial charge >= 0.3 is 0 Å². The van der Waals surface area contributed by atoms with Crippen LogP contribution >= 0.6 is 0 Å². The van der Waals surface area contributed by atoms with Crippen molar-refractivity contribution in [2.75, 3.05) is 18.5 Å². The van der Waals surface area contributed by atoms with Crippen molar-refractivity contribution < 1.29 is 0 Å². The Hall–Kier alpha value is -1.68. The number of hydrogen-bond acceptors (Lipinski definition) is 4. The molecule has 2 aromatic rings. The molecule has 0 saturated heterocycles. The van der Waals surface area contributed by atoms with Gasteiger partial charge < -0.3 is 10.6 Å². The first-order valence-corrected chi connectivity index (χ1v) is 6.29. The molecule has 0 spiro atoms. The van der Waals surface area contributed by atoms with Gasteiger partial charge in [0.25, 0.3) is 0 Å². The lowest BCUT2D eigenvalue weighted by atomic mass is 10.2.